The van der Waals surface area contributed by atoms with E-state index in [-0.39, 0.29) is 11.8 Å². The first-order chi connectivity index (χ1) is 12.5. The summed E-state index contributed by atoms with van der Waals surface area (Å²) in [6.45, 7) is 4.05. The number of aryl methyl sites for hydroxylation is 1. The molecule has 132 valence electrons. The van der Waals surface area contributed by atoms with Crippen LogP contribution in [0.25, 0.3) is 0 Å². The molecule has 0 aliphatic heterocycles. The Labute approximate surface area is 158 Å². The highest BCUT2D eigenvalue weighted by Crippen LogP contribution is 2.23. The van der Waals surface area contributed by atoms with Gasteiger partial charge in [-0.25, -0.2) is 4.98 Å². The molecule has 0 radical (unpaired) electrons. The first-order valence-electron chi connectivity index (χ1n) is 8.45. The van der Waals surface area contributed by atoms with Crippen LogP contribution in [0.4, 0.5) is 5.69 Å². The van der Waals surface area contributed by atoms with Crippen LogP contribution in [-0.4, -0.2) is 15.9 Å². The van der Waals surface area contributed by atoms with Crippen LogP contribution in [0.3, 0.4) is 0 Å². The number of benzene rings is 1. The highest BCUT2D eigenvalue weighted by Gasteiger charge is 2.11. The smallest absolute Gasteiger partial charge is 0.257 e. The number of hydrogen-bond donors (Lipinski definition) is 1. The molecule has 2 heterocycles. The molecule has 0 bridgehead atoms. The molecule has 1 amide bonds. The Kier molecular flexibility index (Phi) is 5.64. The fourth-order valence-corrected chi connectivity index (χ4v) is 2.98. The number of anilines is 1. The Morgan fingerprint density at radius 1 is 1.15 bits per heavy atom. The van der Waals surface area contributed by atoms with Crippen LogP contribution in [0.15, 0.2) is 60.9 Å². The number of rotatable bonds is 5. The van der Waals surface area contributed by atoms with E-state index in [0.29, 0.717) is 10.7 Å². The van der Waals surface area contributed by atoms with Crippen molar-refractivity contribution < 1.29 is 4.79 Å². The zero-order valence-corrected chi connectivity index (χ0v) is 15.5. The van der Waals surface area contributed by atoms with Gasteiger partial charge in [0.1, 0.15) is 5.15 Å². The zero-order valence-electron chi connectivity index (χ0n) is 14.7. The van der Waals surface area contributed by atoms with E-state index in [0.717, 1.165) is 28.9 Å². The number of nitrogens with one attached hydrogen (secondary N) is 1. The first-order valence-corrected chi connectivity index (χ1v) is 8.83. The maximum absolute atomic E-state index is 12.4. The van der Waals surface area contributed by atoms with Crippen LogP contribution in [0.2, 0.25) is 5.15 Å². The summed E-state index contributed by atoms with van der Waals surface area (Å²) in [6.07, 6.45) is 4.07. The summed E-state index contributed by atoms with van der Waals surface area (Å²) in [6, 6.07) is 15.3. The highest BCUT2D eigenvalue weighted by atomic mass is 35.5. The summed E-state index contributed by atoms with van der Waals surface area (Å²) >= 11 is 5.96. The van der Waals surface area contributed by atoms with Crippen molar-refractivity contribution in [2.45, 2.75) is 26.2 Å². The molecule has 0 aliphatic rings. The molecule has 0 aliphatic carbocycles. The molecule has 0 spiro atoms. The number of nitrogens with zero attached hydrogens (tertiary/aromatic N) is 2. The largest absolute Gasteiger partial charge is 0.322 e. The summed E-state index contributed by atoms with van der Waals surface area (Å²) < 4.78 is 0. The van der Waals surface area contributed by atoms with E-state index in [9.17, 15) is 4.79 Å². The fraction of sp³-hybridized carbons (Fsp3) is 0.190. The van der Waals surface area contributed by atoms with Gasteiger partial charge in [-0.2, -0.15) is 0 Å². The monoisotopic (exact) mass is 365 g/mol. The number of halogens is 1. The number of aromatic nitrogens is 2. The van der Waals surface area contributed by atoms with Crippen LogP contribution < -0.4 is 5.32 Å². The molecule has 1 atom stereocenters. The van der Waals surface area contributed by atoms with Gasteiger partial charge < -0.3 is 5.32 Å². The highest BCUT2D eigenvalue weighted by molar-refractivity contribution is 6.29. The second-order valence-corrected chi connectivity index (χ2v) is 6.77. The Hall–Kier alpha value is -2.72. The molecule has 0 fully saturated rings. The lowest BCUT2D eigenvalue weighted by atomic mass is 9.95. The number of amides is 1. The summed E-state index contributed by atoms with van der Waals surface area (Å²) in [5.41, 5.74) is 4.35. The molecule has 0 saturated carbocycles. The molecule has 0 unspecified atom stereocenters. The molecule has 1 N–H and O–H groups in total. The number of carbonyl (C=O) groups excluding carboxylic acids is 1. The van der Waals surface area contributed by atoms with Crippen LogP contribution in [-0.2, 0) is 6.42 Å². The topological polar surface area (TPSA) is 54.9 Å². The summed E-state index contributed by atoms with van der Waals surface area (Å²) in [4.78, 5) is 20.8. The molecular weight excluding hydrogens is 346 g/mol. The van der Waals surface area contributed by atoms with E-state index >= 15 is 0 Å². The van der Waals surface area contributed by atoms with Crippen LogP contribution >= 0.6 is 11.6 Å². The second kappa shape index (κ2) is 8.11. The van der Waals surface area contributed by atoms with Crippen molar-refractivity contribution in [2.24, 2.45) is 0 Å². The van der Waals surface area contributed by atoms with Gasteiger partial charge in [0.15, 0.2) is 0 Å². The van der Waals surface area contributed by atoms with Crippen molar-refractivity contribution in [3.05, 3.63) is 88.5 Å². The van der Waals surface area contributed by atoms with Gasteiger partial charge in [-0.15, -0.1) is 0 Å². The minimum absolute atomic E-state index is 0.164. The fourth-order valence-electron chi connectivity index (χ4n) is 2.80. The number of carbonyl (C=O) groups is 1. The Balaban J connectivity index is 1.72. The lowest BCUT2D eigenvalue weighted by molar-refractivity contribution is 0.102. The van der Waals surface area contributed by atoms with E-state index in [2.05, 4.69) is 28.3 Å². The van der Waals surface area contributed by atoms with Crippen LogP contribution in [0.1, 0.15) is 40.0 Å². The predicted molar refractivity (Wildman–Crippen MR) is 105 cm³/mol. The predicted octanol–water partition coefficient (Wildman–Crippen LogP) is 5.04. The molecule has 3 rings (SSSR count). The van der Waals surface area contributed by atoms with Gasteiger partial charge in [0.2, 0.25) is 0 Å². The summed E-state index contributed by atoms with van der Waals surface area (Å²) in [7, 11) is 0. The van der Waals surface area contributed by atoms with Gasteiger partial charge in [0.25, 0.3) is 5.91 Å². The van der Waals surface area contributed by atoms with Gasteiger partial charge in [-0.1, -0.05) is 36.7 Å². The molecule has 5 heteroatoms. The average Bonchev–Trinajstić information content (AvgIpc) is 2.62. The average molecular weight is 366 g/mol. The summed E-state index contributed by atoms with van der Waals surface area (Å²) in [5, 5.41) is 3.44. The minimum atomic E-state index is -0.164. The second-order valence-electron chi connectivity index (χ2n) is 6.39. The first kappa shape index (κ1) is 18.1. The third-order valence-electron chi connectivity index (χ3n) is 4.14. The maximum atomic E-state index is 12.4. The van der Waals surface area contributed by atoms with Crippen molar-refractivity contribution in [1.29, 1.82) is 0 Å². The van der Waals surface area contributed by atoms with Crippen molar-refractivity contribution >= 4 is 23.2 Å². The Morgan fingerprint density at radius 2 is 1.96 bits per heavy atom. The zero-order chi connectivity index (χ0) is 18.5. The van der Waals surface area contributed by atoms with Gasteiger partial charge >= 0.3 is 0 Å². The van der Waals surface area contributed by atoms with E-state index < -0.39 is 0 Å². The number of hydrogen-bond acceptors (Lipinski definition) is 3. The number of pyridine rings is 2. The van der Waals surface area contributed by atoms with E-state index in [1.807, 2.05) is 43.3 Å². The third-order valence-corrected chi connectivity index (χ3v) is 4.35. The third kappa shape index (κ3) is 4.67. The van der Waals surface area contributed by atoms with Gasteiger partial charge in [0, 0.05) is 23.8 Å². The minimum Gasteiger partial charge on any atom is -0.322 e. The van der Waals surface area contributed by atoms with Gasteiger partial charge in [-0.05, 0) is 60.7 Å². The lowest BCUT2D eigenvalue weighted by Crippen LogP contribution is -2.12. The molecule has 26 heavy (non-hydrogen) atoms. The molecule has 2 aromatic heterocycles. The maximum Gasteiger partial charge on any atom is 0.257 e. The van der Waals surface area contributed by atoms with Crippen molar-refractivity contribution in [2.75, 3.05) is 5.32 Å². The molecule has 4 nitrogen and oxygen atoms in total. The van der Waals surface area contributed by atoms with E-state index in [4.69, 9.17) is 11.6 Å². The molecule has 3 aromatic rings. The Morgan fingerprint density at radius 3 is 2.73 bits per heavy atom. The van der Waals surface area contributed by atoms with Crippen molar-refractivity contribution in [3.8, 4) is 0 Å². The quantitative estimate of drug-likeness (QED) is 0.644. The standard InChI is InChI=1S/C21H20ClN3O/c1-14-9-17(13-23-12-14)21(26)25-19-6-3-5-16(11-19)15(2)10-18-7-4-8-20(22)24-18/h3-9,11-13,15H,10H2,1-2H3,(H,25,26)/t15-/m1/s1. The SMILES string of the molecule is Cc1cncc(C(=O)Nc2cccc([C@H](C)Cc3cccc(Cl)n3)c2)c1. The lowest BCUT2D eigenvalue weighted by Gasteiger charge is -2.14. The Bertz CT molecular complexity index is 926. The normalized spacial score (nSPS) is 11.8. The van der Waals surface area contributed by atoms with Crippen LogP contribution in [0, 0.1) is 6.92 Å². The molecule has 0 saturated heterocycles. The molecular formula is C21H20ClN3O. The van der Waals surface area contributed by atoms with Gasteiger partial charge in [-0.3, -0.25) is 9.78 Å². The summed E-state index contributed by atoms with van der Waals surface area (Å²) in [5.74, 6) is 0.0842. The van der Waals surface area contributed by atoms with E-state index in [1.54, 1.807) is 18.5 Å². The molecule has 1 aromatic carbocycles. The van der Waals surface area contributed by atoms with Crippen molar-refractivity contribution in [3.63, 3.8) is 0 Å². The van der Waals surface area contributed by atoms with Crippen LogP contribution in [0.5, 0.6) is 0 Å². The van der Waals surface area contributed by atoms with E-state index in [1.165, 1.54) is 0 Å². The van der Waals surface area contributed by atoms with Crippen molar-refractivity contribution in [1.82, 2.24) is 9.97 Å². The van der Waals surface area contributed by atoms with Gasteiger partial charge in [0.05, 0.1) is 5.56 Å².